The molecule has 1 amide bonds. The van der Waals surface area contributed by atoms with E-state index in [2.05, 4.69) is 19.1 Å². The summed E-state index contributed by atoms with van der Waals surface area (Å²) >= 11 is 0. The van der Waals surface area contributed by atoms with E-state index in [-0.39, 0.29) is 17.8 Å². The van der Waals surface area contributed by atoms with Crippen LogP contribution < -0.4 is 0 Å². The minimum atomic E-state index is -0.153. The van der Waals surface area contributed by atoms with Gasteiger partial charge in [-0.15, -0.1) is 0 Å². The average Bonchev–Trinajstić information content (AvgIpc) is 3.32. The molecule has 0 saturated carbocycles. The normalized spacial score (nSPS) is 15.0. The van der Waals surface area contributed by atoms with Crippen molar-refractivity contribution in [1.29, 1.82) is 0 Å². The van der Waals surface area contributed by atoms with Crippen molar-refractivity contribution in [3.63, 3.8) is 0 Å². The van der Waals surface area contributed by atoms with Crippen molar-refractivity contribution >= 4 is 23.0 Å². The maximum absolute atomic E-state index is 13.3. The van der Waals surface area contributed by atoms with Crippen LogP contribution in [0.2, 0.25) is 0 Å². The summed E-state index contributed by atoms with van der Waals surface area (Å²) < 4.78 is 12.7. The fourth-order valence-electron chi connectivity index (χ4n) is 4.02. The molecular weight excluding hydrogens is 368 g/mol. The fourth-order valence-corrected chi connectivity index (χ4v) is 4.02. The Hall–Kier alpha value is -3.02. The lowest BCUT2D eigenvalue weighted by molar-refractivity contribution is -0.149. The molecule has 0 radical (unpaired) electrons. The average molecular weight is 394 g/mol. The van der Waals surface area contributed by atoms with E-state index in [4.69, 9.17) is 9.15 Å². The first-order valence-corrected chi connectivity index (χ1v) is 10.2. The minimum absolute atomic E-state index is 0.0210. The van der Waals surface area contributed by atoms with E-state index >= 15 is 0 Å². The molecule has 1 saturated heterocycles. The fraction of sp³-hybridized carbons (Fsp3) is 0.391. The zero-order valence-corrected chi connectivity index (χ0v) is 16.9. The number of piperidine rings is 1. The first kappa shape index (κ1) is 19.3. The van der Waals surface area contributed by atoms with Gasteiger partial charge in [0.15, 0.2) is 5.58 Å². The monoisotopic (exact) mass is 394 g/mol. The van der Waals surface area contributed by atoms with Gasteiger partial charge >= 0.3 is 5.97 Å². The van der Waals surface area contributed by atoms with Crippen molar-refractivity contribution in [2.45, 2.75) is 33.2 Å². The molecule has 6 heteroatoms. The van der Waals surface area contributed by atoms with Crippen LogP contribution in [0.3, 0.4) is 0 Å². The Labute approximate surface area is 170 Å². The van der Waals surface area contributed by atoms with Gasteiger partial charge in [0.25, 0.3) is 5.91 Å². The summed E-state index contributed by atoms with van der Waals surface area (Å²) in [6, 6.07) is 11.9. The van der Waals surface area contributed by atoms with Crippen molar-refractivity contribution in [3.05, 3.63) is 59.5 Å². The van der Waals surface area contributed by atoms with Gasteiger partial charge in [-0.05, 0) is 37.8 Å². The van der Waals surface area contributed by atoms with Gasteiger partial charge in [0.2, 0.25) is 0 Å². The van der Waals surface area contributed by atoms with E-state index in [1.807, 2.05) is 40.7 Å². The number of carbonyl (C=O) groups excluding carboxylic acids is 2. The number of benzene rings is 1. The summed E-state index contributed by atoms with van der Waals surface area (Å²) in [6.45, 7) is 6.00. The summed E-state index contributed by atoms with van der Waals surface area (Å²) in [7, 11) is 0. The highest BCUT2D eigenvalue weighted by Crippen LogP contribution is 2.26. The Bertz CT molecular complexity index is 1020. The predicted molar refractivity (Wildman–Crippen MR) is 110 cm³/mol. The molecule has 6 nitrogen and oxygen atoms in total. The number of rotatable bonds is 5. The Kier molecular flexibility index (Phi) is 5.43. The zero-order chi connectivity index (χ0) is 20.4. The van der Waals surface area contributed by atoms with Crippen LogP contribution in [0.1, 0.15) is 41.4 Å². The van der Waals surface area contributed by atoms with Crippen molar-refractivity contribution in [1.82, 2.24) is 9.47 Å². The molecule has 2 aromatic heterocycles. The van der Waals surface area contributed by atoms with Gasteiger partial charge in [0.05, 0.1) is 24.3 Å². The molecule has 0 aliphatic carbocycles. The molecule has 3 aromatic rings. The molecule has 29 heavy (non-hydrogen) atoms. The third-order valence-electron chi connectivity index (χ3n) is 5.73. The molecule has 152 valence electrons. The van der Waals surface area contributed by atoms with Crippen LogP contribution in [-0.2, 0) is 16.1 Å². The lowest BCUT2D eigenvalue weighted by atomic mass is 9.97. The molecule has 0 spiro atoms. The van der Waals surface area contributed by atoms with Crippen LogP contribution in [0.5, 0.6) is 0 Å². The lowest BCUT2D eigenvalue weighted by Crippen LogP contribution is -2.41. The molecule has 0 unspecified atom stereocenters. The summed E-state index contributed by atoms with van der Waals surface area (Å²) in [5, 5.41) is 0. The topological polar surface area (TPSA) is 64.7 Å². The summed E-state index contributed by atoms with van der Waals surface area (Å²) in [4.78, 5) is 27.1. The number of likely N-dealkylation sites (tertiary alicyclic amines) is 1. The molecule has 1 fully saturated rings. The van der Waals surface area contributed by atoms with Gasteiger partial charge in [0.1, 0.15) is 5.69 Å². The molecule has 0 atom stereocenters. The van der Waals surface area contributed by atoms with Crippen molar-refractivity contribution in [2.75, 3.05) is 19.7 Å². The van der Waals surface area contributed by atoms with Crippen molar-refractivity contribution in [2.24, 2.45) is 5.92 Å². The van der Waals surface area contributed by atoms with E-state index < -0.39 is 0 Å². The minimum Gasteiger partial charge on any atom is -0.466 e. The second-order valence-electron chi connectivity index (χ2n) is 7.53. The number of furan rings is 1. The van der Waals surface area contributed by atoms with Gasteiger partial charge in [-0.25, -0.2) is 0 Å². The highest BCUT2D eigenvalue weighted by atomic mass is 16.5. The number of hydrogen-bond donors (Lipinski definition) is 0. The van der Waals surface area contributed by atoms with E-state index in [0.717, 1.165) is 5.52 Å². The molecule has 0 bridgehead atoms. The largest absolute Gasteiger partial charge is 0.466 e. The quantitative estimate of drug-likeness (QED) is 0.614. The van der Waals surface area contributed by atoms with E-state index in [1.54, 1.807) is 6.26 Å². The van der Waals surface area contributed by atoms with Crippen LogP contribution in [0.25, 0.3) is 11.1 Å². The smallest absolute Gasteiger partial charge is 0.309 e. The highest BCUT2D eigenvalue weighted by molar-refractivity contribution is 5.97. The number of amides is 1. The summed E-state index contributed by atoms with van der Waals surface area (Å²) in [5.74, 6) is -0.290. The maximum Gasteiger partial charge on any atom is 0.309 e. The van der Waals surface area contributed by atoms with Crippen molar-refractivity contribution in [3.8, 4) is 0 Å². The van der Waals surface area contributed by atoms with Gasteiger partial charge in [-0.1, -0.05) is 24.3 Å². The first-order valence-electron chi connectivity index (χ1n) is 10.2. The third-order valence-corrected chi connectivity index (χ3v) is 5.73. The summed E-state index contributed by atoms with van der Waals surface area (Å²) in [6.07, 6.45) is 2.93. The number of hydrogen-bond acceptors (Lipinski definition) is 4. The number of fused-ring (bicyclic) bond motifs is 1. The van der Waals surface area contributed by atoms with E-state index in [1.165, 1.54) is 11.1 Å². The molecular formula is C23H26N2O4. The first-order chi connectivity index (χ1) is 14.1. The Balaban J connectivity index is 1.56. The van der Waals surface area contributed by atoms with E-state index in [0.29, 0.717) is 50.4 Å². The molecule has 1 aliphatic rings. The number of esters is 1. The number of carbonyl (C=O) groups is 2. The maximum atomic E-state index is 13.3. The third kappa shape index (κ3) is 3.79. The number of nitrogens with zero attached hydrogens (tertiary/aromatic N) is 2. The number of aromatic nitrogens is 1. The lowest BCUT2D eigenvalue weighted by Gasteiger charge is -2.31. The number of ether oxygens (including phenoxy) is 1. The second-order valence-corrected chi connectivity index (χ2v) is 7.53. The van der Waals surface area contributed by atoms with Crippen LogP contribution >= 0.6 is 0 Å². The van der Waals surface area contributed by atoms with Crippen LogP contribution in [0.4, 0.5) is 0 Å². The molecule has 3 heterocycles. The predicted octanol–water partition coefficient (Wildman–Crippen LogP) is 4.01. The van der Waals surface area contributed by atoms with Crippen LogP contribution in [0.15, 0.2) is 47.1 Å². The Morgan fingerprint density at radius 3 is 2.66 bits per heavy atom. The summed E-state index contributed by atoms with van der Waals surface area (Å²) in [5.41, 5.74) is 4.60. The molecule has 4 rings (SSSR count). The highest BCUT2D eigenvalue weighted by Gasteiger charge is 2.30. The van der Waals surface area contributed by atoms with Gasteiger partial charge in [-0.3, -0.25) is 9.59 Å². The SMILES string of the molecule is CCOC(=O)C1CCN(C(=O)c2cc3occc3n2Cc2ccccc2C)CC1. The van der Waals surface area contributed by atoms with E-state index in [9.17, 15) is 9.59 Å². The standard InChI is InChI=1S/C23H26N2O4/c1-3-28-23(27)17-8-11-24(12-9-17)22(26)20-14-21-19(10-13-29-21)25(20)15-18-7-5-4-6-16(18)2/h4-7,10,13-14,17H,3,8-9,11-12,15H2,1-2H3. The number of aryl methyl sites for hydroxylation is 1. The van der Waals surface area contributed by atoms with Gasteiger partial charge in [0, 0.05) is 31.8 Å². The zero-order valence-electron chi connectivity index (χ0n) is 16.9. The van der Waals surface area contributed by atoms with Gasteiger partial charge in [-0.2, -0.15) is 0 Å². The van der Waals surface area contributed by atoms with Crippen molar-refractivity contribution < 1.29 is 18.7 Å². The van der Waals surface area contributed by atoms with Crippen LogP contribution in [-0.4, -0.2) is 41.0 Å². The molecule has 1 aliphatic heterocycles. The Morgan fingerprint density at radius 2 is 1.93 bits per heavy atom. The molecule has 1 aromatic carbocycles. The second kappa shape index (κ2) is 8.15. The van der Waals surface area contributed by atoms with Gasteiger partial charge < -0.3 is 18.6 Å². The Morgan fingerprint density at radius 1 is 1.17 bits per heavy atom. The van der Waals surface area contributed by atoms with Crippen LogP contribution in [0, 0.1) is 12.8 Å². The molecule has 0 N–H and O–H groups in total.